The average Bonchev–Trinajstić information content (AvgIpc) is 2.91. The van der Waals surface area contributed by atoms with Crippen molar-refractivity contribution in [3.8, 4) is 0 Å². The van der Waals surface area contributed by atoms with Crippen LogP contribution in [0, 0.1) is 6.92 Å². The molecule has 0 radical (unpaired) electrons. The minimum atomic E-state index is 0.327. The van der Waals surface area contributed by atoms with Crippen molar-refractivity contribution in [2.45, 2.75) is 33.4 Å². The molecule has 0 aliphatic carbocycles. The van der Waals surface area contributed by atoms with Gasteiger partial charge in [0.15, 0.2) is 0 Å². The number of aromatic nitrogens is 3. The van der Waals surface area contributed by atoms with Gasteiger partial charge < -0.3 is 9.88 Å². The van der Waals surface area contributed by atoms with Crippen molar-refractivity contribution in [2.75, 3.05) is 6.54 Å². The molecule has 0 bridgehead atoms. The fourth-order valence-electron chi connectivity index (χ4n) is 2.39. The molecule has 0 spiro atoms. The lowest BCUT2D eigenvalue weighted by atomic mass is 10.2. The fraction of sp³-hybridized carbons (Fsp3) is 0.500. The van der Waals surface area contributed by atoms with Crippen molar-refractivity contribution in [2.24, 2.45) is 7.05 Å². The molecule has 1 atom stereocenters. The summed E-state index contributed by atoms with van der Waals surface area (Å²) in [7, 11) is 1.94. The van der Waals surface area contributed by atoms with Gasteiger partial charge in [0, 0.05) is 25.0 Å². The molecule has 2 heterocycles. The number of halogens is 1. The Morgan fingerprint density at radius 1 is 1.47 bits per heavy atom. The van der Waals surface area contributed by atoms with E-state index >= 15 is 0 Å². The highest BCUT2D eigenvalue weighted by Gasteiger charge is 2.14. The highest BCUT2D eigenvalue weighted by molar-refractivity contribution is 6.31. The Balaban J connectivity index is 2.27. The topological polar surface area (TPSA) is 34.8 Å². The number of aryl methyl sites for hydroxylation is 2. The van der Waals surface area contributed by atoms with Crippen LogP contribution in [0.5, 0.6) is 0 Å². The molecule has 19 heavy (non-hydrogen) atoms. The van der Waals surface area contributed by atoms with E-state index < -0.39 is 0 Å². The highest BCUT2D eigenvalue weighted by atomic mass is 35.5. The Morgan fingerprint density at radius 3 is 2.79 bits per heavy atom. The minimum Gasteiger partial charge on any atom is -0.344 e. The van der Waals surface area contributed by atoms with E-state index in [0.717, 1.165) is 29.5 Å². The number of nitrogens with one attached hydrogen (secondary N) is 1. The minimum absolute atomic E-state index is 0.327. The summed E-state index contributed by atoms with van der Waals surface area (Å²) in [5.74, 6) is 0. The first kappa shape index (κ1) is 14.2. The zero-order chi connectivity index (χ0) is 14.0. The summed E-state index contributed by atoms with van der Waals surface area (Å²) in [4.78, 5) is 0. The molecular formula is C14H21ClN4. The van der Waals surface area contributed by atoms with Crippen molar-refractivity contribution in [1.82, 2.24) is 19.7 Å². The number of hydrogen-bond donors (Lipinski definition) is 1. The molecule has 0 saturated heterocycles. The smallest absolute Gasteiger partial charge is 0.0865 e. The standard InChI is InChI=1S/C14H21ClN4/c1-5-16-10(2)12-7-6-8-19(12)9-13-14(15)11(3)17-18(13)4/h6-8,10,16H,5,9H2,1-4H3. The molecule has 4 nitrogen and oxygen atoms in total. The van der Waals surface area contributed by atoms with Crippen LogP contribution in [-0.4, -0.2) is 20.9 Å². The van der Waals surface area contributed by atoms with Gasteiger partial charge in [0.2, 0.25) is 0 Å². The molecule has 0 aromatic carbocycles. The van der Waals surface area contributed by atoms with Crippen molar-refractivity contribution in [1.29, 1.82) is 0 Å². The normalized spacial score (nSPS) is 12.9. The van der Waals surface area contributed by atoms with Gasteiger partial charge in [-0.15, -0.1) is 0 Å². The highest BCUT2D eigenvalue weighted by Crippen LogP contribution is 2.22. The van der Waals surface area contributed by atoms with E-state index in [0.29, 0.717) is 6.04 Å². The average molecular weight is 281 g/mol. The molecule has 0 aliphatic heterocycles. The van der Waals surface area contributed by atoms with Gasteiger partial charge in [0.1, 0.15) is 0 Å². The Hall–Kier alpha value is -1.26. The first-order valence-electron chi connectivity index (χ1n) is 6.61. The third-order valence-electron chi connectivity index (χ3n) is 3.40. The first-order chi connectivity index (χ1) is 9.04. The predicted molar refractivity (Wildman–Crippen MR) is 78.6 cm³/mol. The second kappa shape index (κ2) is 5.80. The van der Waals surface area contributed by atoms with Crippen LogP contribution in [0.2, 0.25) is 5.02 Å². The van der Waals surface area contributed by atoms with Crippen LogP contribution in [0.15, 0.2) is 18.3 Å². The van der Waals surface area contributed by atoms with Crippen molar-refractivity contribution >= 4 is 11.6 Å². The monoisotopic (exact) mass is 280 g/mol. The van der Waals surface area contributed by atoms with Gasteiger partial charge in [0.25, 0.3) is 0 Å². The number of hydrogen-bond acceptors (Lipinski definition) is 2. The number of rotatable bonds is 5. The van der Waals surface area contributed by atoms with Gasteiger partial charge in [0.05, 0.1) is 23.0 Å². The second-order valence-electron chi connectivity index (χ2n) is 4.81. The summed E-state index contributed by atoms with van der Waals surface area (Å²) in [6.45, 7) is 7.92. The first-order valence-corrected chi connectivity index (χ1v) is 6.98. The Morgan fingerprint density at radius 2 is 2.21 bits per heavy atom. The molecule has 2 rings (SSSR count). The quantitative estimate of drug-likeness (QED) is 0.914. The summed E-state index contributed by atoms with van der Waals surface area (Å²) >= 11 is 6.31. The molecule has 0 amide bonds. The molecule has 104 valence electrons. The Kier molecular flexibility index (Phi) is 4.32. The molecule has 0 fully saturated rings. The molecule has 1 unspecified atom stereocenters. The summed E-state index contributed by atoms with van der Waals surface area (Å²) in [6, 6.07) is 4.54. The van der Waals surface area contributed by atoms with E-state index in [1.54, 1.807) is 0 Å². The maximum absolute atomic E-state index is 6.31. The molecule has 2 aromatic rings. The van der Waals surface area contributed by atoms with Gasteiger partial charge in [-0.05, 0) is 32.5 Å². The maximum atomic E-state index is 6.31. The van der Waals surface area contributed by atoms with Crippen LogP contribution >= 0.6 is 11.6 Å². The molecule has 5 heteroatoms. The van der Waals surface area contributed by atoms with Crippen LogP contribution in [0.3, 0.4) is 0 Å². The fourth-order valence-corrected chi connectivity index (χ4v) is 2.61. The molecular weight excluding hydrogens is 260 g/mol. The Bertz CT molecular complexity index is 556. The largest absolute Gasteiger partial charge is 0.344 e. The van der Waals surface area contributed by atoms with Crippen molar-refractivity contribution in [3.05, 3.63) is 40.4 Å². The van der Waals surface area contributed by atoms with Gasteiger partial charge in [-0.1, -0.05) is 18.5 Å². The summed E-state index contributed by atoms with van der Waals surface area (Å²) in [5, 5.41) is 8.55. The van der Waals surface area contributed by atoms with E-state index in [2.05, 4.69) is 47.2 Å². The predicted octanol–water partition coefficient (Wildman–Crippen LogP) is 2.90. The van der Waals surface area contributed by atoms with Crippen molar-refractivity contribution in [3.63, 3.8) is 0 Å². The van der Waals surface area contributed by atoms with E-state index in [1.165, 1.54) is 5.69 Å². The summed E-state index contributed by atoms with van der Waals surface area (Å²) in [5.41, 5.74) is 3.18. The van der Waals surface area contributed by atoms with Gasteiger partial charge in [-0.25, -0.2) is 0 Å². The summed E-state index contributed by atoms with van der Waals surface area (Å²) < 4.78 is 4.08. The molecule has 0 saturated carbocycles. The molecule has 0 aliphatic rings. The van der Waals surface area contributed by atoms with E-state index in [9.17, 15) is 0 Å². The Labute approximate surface area is 119 Å². The SMILES string of the molecule is CCNC(C)c1cccn1Cc1c(Cl)c(C)nn1C. The molecule has 1 N–H and O–H groups in total. The zero-order valence-corrected chi connectivity index (χ0v) is 12.7. The van der Waals surface area contributed by atoms with Gasteiger partial charge >= 0.3 is 0 Å². The van der Waals surface area contributed by atoms with Crippen molar-refractivity contribution < 1.29 is 0 Å². The lowest BCUT2D eigenvalue weighted by Gasteiger charge is -2.16. The number of nitrogens with zero attached hydrogens (tertiary/aromatic N) is 3. The van der Waals surface area contributed by atoms with Crippen LogP contribution < -0.4 is 5.32 Å². The third-order valence-corrected chi connectivity index (χ3v) is 3.89. The van der Waals surface area contributed by atoms with Crippen LogP contribution in [0.25, 0.3) is 0 Å². The maximum Gasteiger partial charge on any atom is 0.0865 e. The third kappa shape index (κ3) is 2.85. The van der Waals surface area contributed by atoms with E-state index in [1.807, 2.05) is 18.7 Å². The van der Waals surface area contributed by atoms with Gasteiger partial charge in [-0.3, -0.25) is 4.68 Å². The van der Waals surface area contributed by atoms with E-state index in [4.69, 9.17) is 11.6 Å². The lowest BCUT2D eigenvalue weighted by Crippen LogP contribution is -2.21. The lowest BCUT2D eigenvalue weighted by molar-refractivity contribution is 0.545. The summed E-state index contributed by atoms with van der Waals surface area (Å²) in [6.07, 6.45) is 2.09. The van der Waals surface area contributed by atoms with Gasteiger partial charge in [-0.2, -0.15) is 5.10 Å². The van der Waals surface area contributed by atoms with Crippen LogP contribution in [0.1, 0.15) is 37.0 Å². The zero-order valence-electron chi connectivity index (χ0n) is 11.9. The van der Waals surface area contributed by atoms with E-state index in [-0.39, 0.29) is 0 Å². The van der Waals surface area contributed by atoms with Crippen LogP contribution in [0.4, 0.5) is 0 Å². The second-order valence-corrected chi connectivity index (χ2v) is 5.19. The van der Waals surface area contributed by atoms with Crippen LogP contribution in [-0.2, 0) is 13.6 Å². The molecule has 2 aromatic heterocycles.